The van der Waals surface area contributed by atoms with Gasteiger partial charge in [0.1, 0.15) is 0 Å². The van der Waals surface area contributed by atoms with Crippen LogP contribution in [0.3, 0.4) is 0 Å². The van der Waals surface area contributed by atoms with Crippen LogP contribution in [-0.2, 0) is 6.54 Å². The summed E-state index contributed by atoms with van der Waals surface area (Å²) in [6, 6.07) is 5.54. The van der Waals surface area contributed by atoms with Crippen LogP contribution in [0.1, 0.15) is 27.3 Å². The Balaban J connectivity index is 0.00000162. The number of nitrogens with zero attached hydrogens (tertiary/aromatic N) is 1. The summed E-state index contributed by atoms with van der Waals surface area (Å²) in [6.45, 7) is 4.53. The smallest absolute Gasteiger partial charge is 0.253 e. The minimum Gasteiger partial charge on any atom is -0.362 e. The van der Waals surface area contributed by atoms with Gasteiger partial charge in [0, 0.05) is 30.3 Å². The average molecular weight is 266 g/mol. The van der Waals surface area contributed by atoms with E-state index in [4.69, 9.17) is 0 Å². The predicted molar refractivity (Wildman–Crippen MR) is 72.9 cm³/mol. The monoisotopic (exact) mass is 265 g/mol. The van der Waals surface area contributed by atoms with E-state index >= 15 is 0 Å². The van der Waals surface area contributed by atoms with Gasteiger partial charge >= 0.3 is 0 Å². The Kier molecular flexibility index (Phi) is 4.92. The van der Waals surface area contributed by atoms with Crippen molar-refractivity contribution in [2.45, 2.75) is 20.4 Å². The maximum atomic E-state index is 11.8. The number of carbonyl (C=O) groups excluding carboxylic acids is 1. The first-order valence-electron chi connectivity index (χ1n) is 5.50. The first-order valence-corrected chi connectivity index (χ1v) is 5.50. The summed E-state index contributed by atoms with van der Waals surface area (Å²) in [5, 5.41) is 2.87. The van der Waals surface area contributed by atoms with Crippen molar-refractivity contribution in [1.29, 1.82) is 0 Å². The molecule has 0 aliphatic rings. The highest BCUT2D eigenvalue weighted by Gasteiger charge is 2.06. The molecule has 2 N–H and O–H groups in total. The van der Waals surface area contributed by atoms with Gasteiger partial charge in [-0.05, 0) is 37.6 Å². The molecule has 0 aromatic carbocycles. The third-order valence-corrected chi connectivity index (χ3v) is 2.62. The zero-order chi connectivity index (χ0) is 12.3. The largest absolute Gasteiger partial charge is 0.362 e. The number of nitrogens with one attached hydrogen (secondary N) is 2. The Bertz CT molecular complexity index is 522. The van der Waals surface area contributed by atoms with Gasteiger partial charge in [0.2, 0.25) is 0 Å². The molecule has 2 aromatic rings. The number of aromatic nitrogens is 2. The maximum absolute atomic E-state index is 11.8. The molecule has 1 amide bonds. The molecule has 0 fully saturated rings. The second kappa shape index (κ2) is 6.21. The lowest BCUT2D eigenvalue weighted by Gasteiger charge is -2.04. The average Bonchev–Trinajstić information content (AvgIpc) is 2.66. The number of halogens is 1. The number of aromatic amines is 1. The van der Waals surface area contributed by atoms with Gasteiger partial charge < -0.3 is 10.3 Å². The van der Waals surface area contributed by atoms with Crippen molar-refractivity contribution < 1.29 is 4.79 Å². The van der Waals surface area contributed by atoms with Crippen LogP contribution in [0.5, 0.6) is 0 Å². The number of hydrogen-bond acceptors (Lipinski definition) is 2. The van der Waals surface area contributed by atoms with Gasteiger partial charge in [-0.25, -0.2) is 0 Å². The normalized spacial score (nSPS) is 9.67. The van der Waals surface area contributed by atoms with Crippen LogP contribution in [0.2, 0.25) is 0 Å². The van der Waals surface area contributed by atoms with Crippen LogP contribution in [0.15, 0.2) is 30.6 Å². The molecule has 0 saturated heterocycles. The van der Waals surface area contributed by atoms with Gasteiger partial charge in [-0.15, -0.1) is 12.4 Å². The quantitative estimate of drug-likeness (QED) is 0.895. The fourth-order valence-electron chi connectivity index (χ4n) is 1.74. The third kappa shape index (κ3) is 3.34. The lowest BCUT2D eigenvalue weighted by molar-refractivity contribution is 0.0950. The summed E-state index contributed by atoms with van der Waals surface area (Å²) in [7, 11) is 0. The Hall–Kier alpha value is -1.81. The number of H-pyrrole nitrogens is 1. The van der Waals surface area contributed by atoms with E-state index in [1.807, 2.05) is 19.9 Å². The fraction of sp³-hybridized carbons (Fsp3) is 0.231. The molecule has 0 aliphatic carbocycles. The zero-order valence-corrected chi connectivity index (χ0v) is 11.2. The van der Waals surface area contributed by atoms with E-state index in [1.54, 1.807) is 24.5 Å². The highest BCUT2D eigenvalue weighted by molar-refractivity contribution is 5.93. The van der Waals surface area contributed by atoms with E-state index in [2.05, 4.69) is 15.3 Å². The first kappa shape index (κ1) is 14.3. The Morgan fingerprint density at radius 1 is 1.44 bits per heavy atom. The standard InChI is InChI=1S/C13H15N3O.ClH/c1-9-6-12(10(2)16-9)8-15-13(17)11-4-3-5-14-7-11;/h3-7,16H,8H2,1-2H3,(H,15,17);1H. The maximum Gasteiger partial charge on any atom is 0.253 e. The molecule has 0 saturated carbocycles. The molecule has 2 aromatic heterocycles. The topological polar surface area (TPSA) is 57.8 Å². The summed E-state index contributed by atoms with van der Waals surface area (Å²) in [4.78, 5) is 18.9. The van der Waals surface area contributed by atoms with Gasteiger partial charge in [-0.3, -0.25) is 9.78 Å². The van der Waals surface area contributed by atoms with Crippen LogP contribution >= 0.6 is 12.4 Å². The van der Waals surface area contributed by atoms with E-state index < -0.39 is 0 Å². The minimum atomic E-state index is -0.101. The number of aryl methyl sites for hydroxylation is 2. The molecule has 0 bridgehead atoms. The molecule has 0 aliphatic heterocycles. The second-order valence-corrected chi connectivity index (χ2v) is 4.03. The van der Waals surface area contributed by atoms with Gasteiger partial charge in [-0.1, -0.05) is 0 Å². The van der Waals surface area contributed by atoms with Gasteiger partial charge in [-0.2, -0.15) is 0 Å². The Morgan fingerprint density at radius 3 is 2.78 bits per heavy atom. The summed E-state index contributed by atoms with van der Waals surface area (Å²) >= 11 is 0. The molecule has 96 valence electrons. The Morgan fingerprint density at radius 2 is 2.22 bits per heavy atom. The first-order chi connectivity index (χ1) is 8.16. The van der Waals surface area contributed by atoms with Gasteiger partial charge in [0.25, 0.3) is 5.91 Å². The summed E-state index contributed by atoms with van der Waals surface area (Å²) in [5.74, 6) is -0.101. The molecular formula is C13H16ClN3O. The summed E-state index contributed by atoms with van der Waals surface area (Å²) in [5.41, 5.74) is 3.89. The van der Waals surface area contributed by atoms with Crippen molar-refractivity contribution >= 4 is 18.3 Å². The van der Waals surface area contributed by atoms with Gasteiger partial charge in [0.15, 0.2) is 0 Å². The highest BCUT2D eigenvalue weighted by Crippen LogP contribution is 2.08. The van der Waals surface area contributed by atoms with Gasteiger partial charge in [0.05, 0.1) is 5.56 Å². The van der Waals surface area contributed by atoms with E-state index in [9.17, 15) is 4.79 Å². The van der Waals surface area contributed by atoms with Crippen molar-refractivity contribution in [1.82, 2.24) is 15.3 Å². The van der Waals surface area contributed by atoms with Crippen LogP contribution in [0, 0.1) is 13.8 Å². The van der Waals surface area contributed by atoms with Crippen molar-refractivity contribution in [2.75, 3.05) is 0 Å². The fourth-order valence-corrected chi connectivity index (χ4v) is 1.74. The van der Waals surface area contributed by atoms with Crippen LogP contribution < -0.4 is 5.32 Å². The van der Waals surface area contributed by atoms with Crippen LogP contribution in [0.4, 0.5) is 0 Å². The van der Waals surface area contributed by atoms with E-state index in [-0.39, 0.29) is 18.3 Å². The molecule has 18 heavy (non-hydrogen) atoms. The number of pyridine rings is 1. The van der Waals surface area contributed by atoms with E-state index in [0.717, 1.165) is 17.0 Å². The predicted octanol–water partition coefficient (Wildman–Crippen LogP) is 2.38. The molecule has 2 rings (SSSR count). The SMILES string of the molecule is Cc1cc(CNC(=O)c2cccnc2)c(C)[nH]1.Cl. The zero-order valence-electron chi connectivity index (χ0n) is 10.4. The molecule has 4 nitrogen and oxygen atoms in total. The van der Waals surface area contributed by atoms with Crippen LogP contribution in [-0.4, -0.2) is 15.9 Å². The van der Waals surface area contributed by atoms with E-state index in [1.165, 1.54) is 0 Å². The molecule has 0 spiro atoms. The molecule has 0 atom stereocenters. The molecule has 0 unspecified atom stereocenters. The lowest BCUT2D eigenvalue weighted by atomic mass is 10.2. The van der Waals surface area contributed by atoms with Crippen LogP contribution in [0.25, 0.3) is 0 Å². The molecule has 2 heterocycles. The summed E-state index contributed by atoms with van der Waals surface area (Å²) < 4.78 is 0. The lowest BCUT2D eigenvalue weighted by Crippen LogP contribution is -2.22. The van der Waals surface area contributed by atoms with Crippen molar-refractivity contribution in [3.63, 3.8) is 0 Å². The number of rotatable bonds is 3. The molecular weight excluding hydrogens is 250 g/mol. The summed E-state index contributed by atoms with van der Waals surface area (Å²) in [6.07, 6.45) is 3.21. The highest BCUT2D eigenvalue weighted by atomic mass is 35.5. The van der Waals surface area contributed by atoms with E-state index in [0.29, 0.717) is 12.1 Å². The van der Waals surface area contributed by atoms with Crippen molar-refractivity contribution in [3.05, 3.63) is 53.1 Å². The molecule has 0 radical (unpaired) electrons. The van der Waals surface area contributed by atoms with Crippen molar-refractivity contribution in [3.8, 4) is 0 Å². The number of amides is 1. The number of hydrogen-bond donors (Lipinski definition) is 2. The Labute approximate surface area is 112 Å². The second-order valence-electron chi connectivity index (χ2n) is 4.03. The minimum absolute atomic E-state index is 0. The number of carbonyl (C=O) groups is 1. The molecule has 5 heteroatoms. The third-order valence-electron chi connectivity index (χ3n) is 2.62. The van der Waals surface area contributed by atoms with Crippen molar-refractivity contribution in [2.24, 2.45) is 0 Å².